The van der Waals surface area contributed by atoms with Crippen molar-refractivity contribution in [1.29, 1.82) is 0 Å². The van der Waals surface area contributed by atoms with Gasteiger partial charge in [0.05, 0.1) is 5.92 Å². The predicted molar refractivity (Wildman–Crippen MR) is 89.3 cm³/mol. The second-order valence-electron chi connectivity index (χ2n) is 7.50. The van der Waals surface area contributed by atoms with Crippen LogP contribution in [0.2, 0.25) is 0 Å². The lowest BCUT2D eigenvalue weighted by Gasteiger charge is -2.52. The molecule has 0 amide bonds. The molecule has 0 aromatic carbocycles. The molecule has 0 radical (unpaired) electrons. The summed E-state index contributed by atoms with van der Waals surface area (Å²) < 4.78 is 5.76. The van der Waals surface area contributed by atoms with Gasteiger partial charge >= 0.3 is 5.97 Å². The van der Waals surface area contributed by atoms with Crippen LogP contribution in [-0.2, 0) is 9.53 Å². The molecule has 3 N–H and O–H groups in total. The molecule has 1 heterocycles. The molecule has 0 aromatic heterocycles. The molecule has 1 saturated carbocycles. The zero-order valence-electron chi connectivity index (χ0n) is 14.4. The maximum Gasteiger partial charge on any atom is 0.310 e. The summed E-state index contributed by atoms with van der Waals surface area (Å²) in [6, 6.07) is 0.338. The summed E-state index contributed by atoms with van der Waals surface area (Å²) in [6.45, 7) is 5.20. The molecule has 0 aromatic rings. The molecule has 1 spiro atoms. The molecule has 2 fully saturated rings. The molecule has 4 heteroatoms. The lowest BCUT2D eigenvalue weighted by Crippen LogP contribution is -2.65. The zero-order chi connectivity index (χ0) is 16.0. The van der Waals surface area contributed by atoms with Gasteiger partial charge in [-0.1, -0.05) is 46.0 Å². The average Bonchev–Trinajstić information content (AvgIpc) is 2.51. The van der Waals surface area contributed by atoms with Crippen molar-refractivity contribution >= 4 is 5.97 Å². The van der Waals surface area contributed by atoms with Gasteiger partial charge in [-0.15, -0.1) is 0 Å². The summed E-state index contributed by atoms with van der Waals surface area (Å²) in [6.07, 6.45) is 11.4. The zero-order valence-corrected chi connectivity index (χ0v) is 14.4. The fraction of sp³-hybridized carbons (Fsp3) is 0.944. The quantitative estimate of drug-likeness (QED) is 0.533. The van der Waals surface area contributed by atoms with Crippen molar-refractivity contribution in [1.82, 2.24) is 5.32 Å². The van der Waals surface area contributed by atoms with Gasteiger partial charge in [-0.3, -0.25) is 10.1 Å². The first-order valence-electron chi connectivity index (χ1n) is 9.27. The second kappa shape index (κ2) is 8.30. The molecule has 1 saturated heterocycles. The molecule has 128 valence electrons. The highest BCUT2D eigenvalue weighted by Crippen LogP contribution is 2.44. The van der Waals surface area contributed by atoms with Crippen molar-refractivity contribution in [3.05, 3.63) is 0 Å². The van der Waals surface area contributed by atoms with Gasteiger partial charge in [0.2, 0.25) is 0 Å². The number of carbonyl (C=O) groups excluding carboxylic acids is 1. The van der Waals surface area contributed by atoms with Gasteiger partial charge in [0, 0.05) is 18.0 Å². The number of carbonyl (C=O) groups is 1. The van der Waals surface area contributed by atoms with E-state index in [-0.39, 0.29) is 23.5 Å². The van der Waals surface area contributed by atoms with E-state index in [1.165, 1.54) is 25.7 Å². The van der Waals surface area contributed by atoms with Crippen LogP contribution in [0.4, 0.5) is 0 Å². The normalized spacial score (nSPS) is 32.5. The first kappa shape index (κ1) is 17.7. The Labute approximate surface area is 135 Å². The maximum atomic E-state index is 12.3. The first-order chi connectivity index (χ1) is 10.6. The molecule has 0 bridgehead atoms. The number of nitrogens with one attached hydrogen (secondary N) is 1. The summed E-state index contributed by atoms with van der Waals surface area (Å²) in [5.41, 5.74) is 6.16. The fourth-order valence-electron chi connectivity index (χ4n) is 3.70. The van der Waals surface area contributed by atoms with Crippen LogP contribution in [0.1, 0.15) is 78.1 Å². The second-order valence-corrected chi connectivity index (χ2v) is 7.50. The highest BCUT2D eigenvalue weighted by Gasteiger charge is 2.50. The molecular formula is C18H34N2O2. The number of nitrogens with two attached hydrogens (primary N) is 1. The molecule has 2 aliphatic rings. The third-order valence-electron chi connectivity index (χ3n) is 5.60. The topological polar surface area (TPSA) is 64.3 Å². The molecule has 2 rings (SSSR count). The van der Waals surface area contributed by atoms with Crippen molar-refractivity contribution in [2.45, 2.75) is 90.3 Å². The summed E-state index contributed by atoms with van der Waals surface area (Å²) in [5, 5.41) is 3.31. The Bertz CT molecular complexity index is 351. The van der Waals surface area contributed by atoms with Crippen LogP contribution in [0.5, 0.6) is 0 Å². The molecule has 22 heavy (non-hydrogen) atoms. The smallest absolute Gasteiger partial charge is 0.310 e. The number of unbranched alkanes of at least 4 members (excludes halogenated alkanes) is 4. The summed E-state index contributed by atoms with van der Waals surface area (Å²) in [7, 11) is 0. The van der Waals surface area contributed by atoms with Crippen LogP contribution in [0.25, 0.3) is 0 Å². The van der Waals surface area contributed by atoms with E-state index < -0.39 is 0 Å². The Hall–Kier alpha value is -0.610. The molecule has 2 unspecified atom stereocenters. The number of ether oxygens (including phenoxy) is 1. The fourth-order valence-corrected chi connectivity index (χ4v) is 3.70. The minimum atomic E-state index is -0.0740. The van der Waals surface area contributed by atoms with E-state index >= 15 is 0 Å². The summed E-state index contributed by atoms with van der Waals surface area (Å²) in [5.74, 6) is -0.00568. The van der Waals surface area contributed by atoms with Crippen LogP contribution in [0.15, 0.2) is 0 Å². The van der Waals surface area contributed by atoms with Crippen LogP contribution >= 0.6 is 0 Å². The molecule has 1 aliphatic carbocycles. The van der Waals surface area contributed by atoms with Gasteiger partial charge in [0.1, 0.15) is 0 Å². The van der Waals surface area contributed by atoms with Gasteiger partial charge < -0.3 is 10.5 Å². The van der Waals surface area contributed by atoms with Crippen molar-refractivity contribution in [3.63, 3.8) is 0 Å². The average molecular weight is 310 g/mol. The number of esters is 1. The Morgan fingerprint density at radius 1 is 1.27 bits per heavy atom. The Balaban J connectivity index is 1.68. The van der Waals surface area contributed by atoms with E-state index in [1.807, 2.05) is 6.92 Å². The van der Waals surface area contributed by atoms with E-state index in [1.54, 1.807) is 0 Å². The monoisotopic (exact) mass is 310 g/mol. The number of hydrogen-bond acceptors (Lipinski definition) is 4. The van der Waals surface area contributed by atoms with E-state index in [9.17, 15) is 4.79 Å². The molecular weight excluding hydrogens is 276 g/mol. The largest absolute Gasteiger partial charge is 0.446 e. The number of rotatable bonds is 8. The van der Waals surface area contributed by atoms with Crippen LogP contribution in [0, 0.1) is 11.3 Å². The summed E-state index contributed by atoms with van der Waals surface area (Å²) in [4.78, 5) is 12.3. The van der Waals surface area contributed by atoms with Crippen molar-refractivity contribution in [3.8, 4) is 0 Å². The standard InChI is InChI=1S/C18H34N2O2/c1-3-4-5-6-7-8-14(2)16(21)22-17-18(13-20-17)11-9-15(19)10-12-18/h14-15,17,20H,3-13,19H2,1-2H3. The van der Waals surface area contributed by atoms with Crippen molar-refractivity contribution in [2.75, 3.05) is 6.54 Å². The van der Waals surface area contributed by atoms with Gasteiger partial charge in [0.15, 0.2) is 6.23 Å². The molecule has 2 atom stereocenters. The molecule has 1 aliphatic heterocycles. The lowest BCUT2D eigenvalue weighted by molar-refractivity contribution is -0.181. The maximum absolute atomic E-state index is 12.3. The predicted octanol–water partition coefficient (Wildman–Crippen LogP) is 3.34. The van der Waals surface area contributed by atoms with Crippen LogP contribution in [-0.4, -0.2) is 24.8 Å². The van der Waals surface area contributed by atoms with Crippen molar-refractivity contribution in [2.24, 2.45) is 17.1 Å². The Kier molecular flexibility index (Phi) is 6.69. The van der Waals surface area contributed by atoms with E-state index in [4.69, 9.17) is 10.5 Å². The summed E-state index contributed by atoms with van der Waals surface area (Å²) >= 11 is 0. The van der Waals surface area contributed by atoms with Crippen LogP contribution < -0.4 is 11.1 Å². The van der Waals surface area contributed by atoms with Gasteiger partial charge in [-0.25, -0.2) is 0 Å². The van der Waals surface area contributed by atoms with E-state index in [0.29, 0.717) is 6.04 Å². The van der Waals surface area contributed by atoms with Gasteiger partial charge in [-0.2, -0.15) is 0 Å². The third-order valence-corrected chi connectivity index (χ3v) is 5.60. The first-order valence-corrected chi connectivity index (χ1v) is 9.27. The molecule has 4 nitrogen and oxygen atoms in total. The van der Waals surface area contributed by atoms with Gasteiger partial charge in [0.25, 0.3) is 0 Å². The highest BCUT2D eigenvalue weighted by molar-refractivity contribution is 5.72. The minimum absolute atomic E-state index is 0.0203. The Morgan fingerprint density at radius 2 is 1.95 bits per heavy atom. The minimum Gasteiger partial charge on any atom is -0.446 e. The van der Waals surface area contributed by atoms with Crippen molar-refractivity contribution < 1.29 is 9.53 Å². The lowest BCUT2D eigenvalue weighted by atomic mass is 9.67. The highest BCUT2D eigenvalue weighted by atomic mass is 16.6. The number of hydrogen-bond donors (Lipinski definition) is 2. The SMILES string of the molecule is CCCCCCCC(C)C(=O)OC1NCC12CCC(N)CC2. The third kappa shape index (κ3) is 4.45. The van der Waals surface area contributed by atoms with Gasteiger partial charge in [-0.05, 0) is 32.1 Å². The van der Waals surface area contributed by atoms with Crippen LogP contribution in [0.3, 0.4) is 0 Å². The van der Waals surface area contributed by atoms with E-state index in [2.05, 4.69) is 12.2 Å². The Morgan fingerprint density at radius 3 is 2.55 bits per heavy atom. The van der Waals surface area contributed by atoms with E-state index in [0.717, 1.165) is 45.1 Å².